The van der Waals surface area contributed by atoms with E-state index in [0.717, 1.165) is 26.5 Å². The van der Waals surface area contributed by atoms with Crippen LogP contribution in [-0.2, 0) is 32.1 Å². The molecule has 0 spiro atoms. The molecule has 2 atom stereocenters. The van der Waals surface area contributed by atoms with Gasteiger partial charge in [-0.05, 0) is 45.5 Å². The van der Waals surface area contributed by atoms with Crippen LogP contribution < -0.4 is 5.32 Å². The highest BCUT2D eigenvalue weighted by Gasteiger charge is 2.31. The first-order valence-electron chi connectivity index (χ1n) is 11.1. The Morgan fingerprint density at radius 1 is 1.06 bits per heavy atom. The molecule has 3 aromatic rings. The van der Waals surface area contributed by atoms with Crippen molar-refractivity contribution < 1.29 is 23.9 Å². The summed E-state index contributed by atoms with van der Waals surface area (Å²) in [7, 11) is 1.31. The summed E-state index contributed by atoms with van der Waals surface area (Å²) < 4.78 is 11.2. The first-order valence-corrected chi connectivity index (χ1v) is 11.9. The summed E-state index contributed by atoms with van der Waals surface area (Å²) in [6, 6.07) is 14.3. The van der Waals surface area contributed by atoms with Crippen LogP contribution in [0.25, 0.3) is 10.9 Å². The third-order valence-corrected chi connectivity index (χ3v) is 6.36. The molecule has 0 saturated heterocycles. The monoisotopic (exact) mass is 528 g/mol. The van der Waals surface area contributed by atoms with Crippen molar-refractivity contribution in [3.05, 3.63) is 70.3 Å². The number of ether oxygens (including phenoxy) is 2. The third-order valence-electron chi connectivity index (χ3n) is 5.70. The maximum absolute atomic E-state index is 13.2. The second-order valence-electron chi connectivity index (χ2n) is 8.50. The Kier molecular flexibility index (Phi) is 8.87. The zero-order valence-corrected chi connectivity index (χ0v) is 21.1. The van der Waals surface area contributed by atoms with Crippen LogP contribution in [0.1, 0.15) is 31.4 Å². The number of methoxy groups -OCH3 is 1. The van der Waals surface area contributed by atoms with Crippen molar-refractivity contribution >= 4 is 44.7 Å². The van der Waals surface area contributed by atoms with Gasteiger partial charge in [-0.15, -0.1) is 0 Å². The fourth-order valence-electron chi connectivity index (χ4n) is 3.90. The van der Waals surface area contributed by atoms with E-state index in [-0.39, 0.29) is 24.7 Å². The van der Waals surface area contributed by atoms with Gasteiger partial charge in [0.05, 0.1) is 24.6 Å². The molecule has 0 bridgehead atoms. The minimum atomic E-state index is -0.785. The highest BCUT2D eigenvalue weighted by molar-refractivity contribution is 9.10. The molecule has 0 fully saturated rings. The van der Waals surface area contributed by atoms with Gasteiger partial charge in [-0.25, -0.2) is 4.79 Å². The fraction of sp³-hybridized carbons (Fsp3) is 0.346. The number of carbonyl (C=O) groups excluding carboxylic acids is 3. The molecule has 2 N–H and O–H groups in total. The number of hydrogen-bond donors (Lipinski definition) is 2. The lowest BCUT2D eigenvalue weighted by Gasteiger charge is -2.23. The molecule has 0 aliphatic rings. The van der Waals surface area contributed by atoms with E-state index < -0.39 is 24.0 Å². The molecule has 1 amide bonds. The smallest absolute Gasteiger partial charge is 0.408 e. The normalized spacial score (nSPS) is 12.9. The maximum Gasteiger partial charge on any atom is 0.408 e. The number of aromatic nitrogens is 1. The zero-order valence-electron chi connectivity index (χ0n) is 19.5. The van der Waals surface area contributed by atoms with Crippen LogP contribution in [-0.4, -0.2) is 36.0 Å². The number of alkyl carbamates (subject to hydrolysis) is 1. The molecule has 0 saturated carbocycles. The number of rotatable bonds is 10. The minimum Gasteiger partial charge on any atom is -0.469 e. The number of nitrogens with one attached hydrogen (secondary N) is 2. The average molecular weight is 529 g/mol. The standard InChI is InChI=1S/C26H29BrN2O5/c1-16(2)23(29-26(32)34-15-17-8-5-4-6-9-17)22(30)13-18(25(31)33-3)12-19-14-28-24-20(19)10-7-11-21(24)27/h4-11,14,16,18,23,28H,12-13,15H2,1-3H3,(H,29,32)/t18?,23-/m0/s1. The highest BCUT2D eigenvalue weighted by atomic mass is 79.9. The number of hydrogen-bond acceptors (Lipinski definition) is 5. The van der Waals surface area contributed by atoms with E-state index in [9.17, 15) is 14.4 Å². The minimum absolute atomic E-state index is 0.0604. The number of ketones is 1. The Bertz CT molecular complexity index is 1140. The van der Waals surface area contributed by atoms with Gasteiger partial charge in [-0.2, -0.15) is 0 Å². The van der Waals surface area contributed by atoms with Crippen LogP contribution in [0.5, 0.6) is 0 Å². The van der Waals surface area contributed by atoms with Crippen molar-refractivity contribution in [2.24, 2.45) is 11.8 Å². The molecule has 0 aliphatic carbocycles. The first-order chi connectivity index (χ1) is 16.3. The van der Waals surface area contributed by atoms with E-state index in [1.54, 1.807) is 0 Å². The van der Waals surface area contributed by atoms with Gasteiger partial charge < -0.3 is 19.8 Å². The molecular formula is C26H29BrN2O5. The first kappa shape index (κ1) is 25.5. The molecule has 180 valence electrons. The second kappa shape index (κ2) is 11.8. The number of aromatic amines is 1. The Balaban J connectivity index is 1.68. The largest absolute Gasteiger partial charge is 0.469 e. The number of carbonyl (C=O) groups is 3. The Morgan fingerprint density at radius 3 is 2.47 bits per heavy atom. The Labute approximate surface area is 207 Å². The van der Waals surface area contributed by atoms with Crippen LogP contribution in [0, 0.1) is 11.8 Å². The number of fused-ring (bicyclic) bond motifs is 1. The summed E-state index contributed by atoms with van der Waals surface area (Å²) in [5.41, 5.74) is 2.69. The van der Waals surface area contributed by atoms with Crippen molar-refractivity contribution in [1.82, 2.24) is 10.3 Å². The topological polar surface area (TPSA) is 97.5 Å². The summed E-state index contributed by atoms with van der Waals surface area (Å²) in [5.74, 6) is -1.58. The summed E-state index contributed by atoms with van der Waals surface area (Å²) >= 11 is 3.52. The number of para-hydroxylation sites is 1. The molecule has 34 heavy (non-hydrogen) atoms. The lowest BCUT2D eigenvalue weighted by atomic mass is 9.89. The van der Waals surface area contributed by atoms with Crippen LogP contribution in [0.2, 0.25) is 0 Å². The molecule has 7 nitrogen and oxygen atoms in total. The van der Waals surface area contributed by atoms with Gasteiger partial charge in [0.1, 0.15) is 6.61 Å². The summed E-state index contributed by atoms with van der Waals surface area (Å²) in [4.78, 5) is 41.3. The van der Waals surface area contributed by atoms with E-state index in [1.165, 1.54) is 7.11 Å². The van der Waals surface area contributed by atoms with E-state index in [2.05, 4.69) is 26.2 Å². The van der Waals surface area contributed by atoms with Gasteiger partial charge in [0.2, 0.25) is 0 Å². The number of amides is 1. The van der Waals surface area contributed by atoms with Crippen LogP contribution in [0.4, 0.5) is 4.79 Å². The van der Waals surface area contributed by atoms with Gasteiger partial charge in [-0.1, -0.05) is 56.3 Å². The number of H-pyrrole nitrogens is 1. The molecule has 1 heterocycles. The molecule has 2 aromatic carbocycles. The molecule has 3 rings (SSSR count). The number of Topliss-reactive ketones (excluding diaryl/α,β-unsaturated/α-hetero) is 1. The second-order valence-corrected chi connectivity index (χ2v) is 9.35. The zero-order chi connectivity index (χ0) is 24.7. The van der Waals surface area contributed by atoms with Crippen molar-refractivity contribution in [2.45, 2.75) is 39.3 Å². The molecule has 1 unspecified atom stereocenters. The van der Waals surface area contributed by atoms with Crippen molar-refractivity contribution in [3.63, 3.8) is 0 Å². The van der Waals surface area contributed by atoms with Gasteiger partial charge in [0.25, 0.3) is 0 Å². The van der Waals surface area contributed by atoms with Crippen molar-refractivity contribution in [1.29, 1.82) is 0 Å². The summed E-state index contributed by atoms with van der Waals surface area (Å²) in [5, 5.41) is 3.64. The predicted molar refractivity (Wildman–Crippen MR) is 133 cm³/mol. The van der Waals surface area contributed by atoms with Crippen LogP contribution >= 0.6 is 15.9 Å². The van der Waals surface area contributed by atoms with E-state index in [1.807, 2.05) is 68.6 Å². The van der Waals surface area contributed by atoms with Crippen LogP contribution in [0.15, 0.2) is 59.2 Å². The lowest BCUT2D eigenvalue weighted by molar-refractivity contribution is -0.147. The van der Waals surface area contributed by atoms with Gasteiger partial charge in [-0.3, -0.25) is 9.59 Å². The van der Waals surface area contributed by atoms with Crippen molar-refractivity contribution in [3.8, 4) is 0 Å². The molecule has 0 radical (unpaired) electrons. The quantitative estimate of drug-likeness (QED) is 0.353. The SMILES string of the molecule is COC(=O)C(CC(=O)[C@@H](NC(=O)OCc1ccccc1)C(C)C)Cc1c[nH]c2c(Br)cccc12. The molecular weight excluding hydrogens is 500 g/mol. The Hall–Kier alpha value is -3.13. The number of esters is 1. The third kappa shape index (κ3) is 6.47. The number of halogens is 1. The van der Waals surface area contributed by atoms with E-state index >= 15 is 0 Å². The highest BCUT2D eigenvalue weighted by Crippen LogP contribution is 2.28. The fourth-order valence-corrected chi connectivity index (χ4v) is 4.38. The maximum atomic E-state index is 13.2. The van der Waals surface area contributed by atoms with Crippen LogP contribution in [0.3, 0.4) is 0 Å². The average Bonchev–Trinajstić information content (AvgIpc) is 3.24. The Morgan fingerprint density at radius 2 is 1.79 bits per heavy atom. The molecule has 8 heteroatoms. The summed E-state index contributed by atoms with van der Waals surface area (Å²) in [6.07, 6.45) is 1.44. The molecule has 1 aromatic heterocycles. The van der Waals surface area contributed by atoms with Gasteiger partial charge in [0.15, 0.2) is 5.78 Å². The van der Waals surface area contributed by atoms with Gasteiger partial charge >= 0.3 is 12.1 Å². The number of benzene rings is 2. The van der Waals surface area contributed by atoms with E-state index in [4.69, 9.17) is 9.47 Å². The van der Waals surface area contributed by atoms with Crippen molar-refractivity contribution in [2.75, 3.05) is 7.11 Å². The lowest BCUT2D eigenvalue weighted by Crippen LogP contribution is -2.45. The summed E-state index contributed by atoms with van der Waals surface area (Å²) in [6.45, 7) is 3.78. The predicted octanol–water partition coefficient (Wildman–Crippen LogP) is 5.17. The van der Waals surface area contributed by atoms with E-state index in [0.29, 0.717) is 6.42 Å². The molecule has 0 aliphatic heterocycles. The van der Waals surface area contributed by atoms with Gasteiger partial charge in [0, 0.05) is 22.5 Å².